The third-order valence-corrected chi connectivity index (χ3v) is 6.46. The third kappa shape index (κ3) is 3.68. The Bertz CT molecular complexity index is 765. The molecule has 0 N–H and O–H groups in total. The van der Waals surface area contributed by atoms with Crippen molar-refractivity contribution >= 4 is 10.2 Å². The van der Waals surface area contributed by atoms with Gasteiger partial charge in [-0.15, -0.1) is 0 Å². The number of hydrogen-bond donors (Lipinski definition) is 0. The van der Waals surface area contributed by atoms with Crippen LogP contribution in [-0.4, -0.2) is 46.9 Å². The van der Waals surface area contributed by atoms with Gasteiger partial charge in [0.25, 0.3) is 10.2 Å². The number of nitrogens with zero attached hydrogens (tertiary/aromatic N) is 4. The first-order valence-electron chi connectivity index (χ1n) is 8.27. The van der Waals surface area contributed by atoms with E-state index in [2.05, 4.69) is 12.0 Å². The summed E-state index contributed by atoms with van der Waals surface area (Å²) in [4.78, 5) is 0. The first-order chi connectivity index (χ1) is 11.5. The average molecular weight is 348 g/mol. The van der Waals surface area contributed by atoms with Crippen LogP contribution in [0.2, 0.25) is 0 Å². The molecule has 0 spiro atoms. The van der Waals surface area contributed by atoms with E-state index in [9.17, 15) is 8.42 Å². The predicted molar refractivity (Wildman–Crippen MR) is 93.9 cm³/mol. The molecule has 0 aliphatic carbocycles. The molecule has 1 fully saturated rings. The second kappa shape index (κ2) is 7.04. The minimum Gasteiger partial charge on any atom is -0.241 e. The fourth-order valence-corrected chi connectivity index (χ4v) is 4.29. The summed E-state index contributed by atoms with van der Waals surface area (Å²) in [6.45, 7) is 3.71. The lowest BCUT2D eigenvalue weighted by atomic mass is 10.0. The van der Waals surface area contributed by atoms with E-state index in [0.29, 0.717) is 25.6 Å². The molecule has 2 heterocycles. The number of aromatic nitrogens is 2. The van der Waals surface area contributed by atoms with E-state index in [4.69, 9.17) is 0 Å². The van der Waals surface area contributed by atoms with Gasteiger partial charge in [-0.05, 0) is 30.9 Å². The maximum absolute atomic E-state index is 12.7. The number of rotatable bonds is 5. The molecule has 2 aromatic rings. The second-order valence-corrected chi connectivity index (χ2v) is 8.51. The number of piperidine rings is 1. The molecule has 0 amide bonds. The van der Waals surface area contributed by atoms with E-state index in [1.54, 1.807) is 22.2 Å². The quantitative estimate of drug-likeness (QED) is 0.833. The van der Waals surface area contributed by atoms with E-state index in [1.165, 1.54) is 4.31 Å². The van der Waals surface area contributed by atoms with Gasteiger partial charge in [0.2, 0.25) is 0 Å². The number of benzene rings is 1. The van der Waals surface area contributed by atoms with Crippen LogP contribution >= 0.6 is 0 Å². The molecule has 0 bridgehead atoms. The Morgan fingerprint density at radius 2 is 1.88 bits per heavy atom. The van der Waals surface area contributed by atoms with Crippen molar-refractivity contribution in [2.45, 2.75) is 26.3 Å². The van der Waals surface area contributed by atoms with Gasteiger partial charge in [-0.2, -0.15) is 22.1 Å². The summed E-state index contributed by atoms with van der Waals surface area (Å²) >= 11 is 0. The van der Waals surface area contributed by atoms with Gasteiger partial charge in [0, 0.05) is 38.4 Å². The molecular weight excluding hydrogens is 324 g/mol. The van der Waals surface area contributed by atoms with E-state index in [0.717, 1.165) is 24.1 Å². The first kappa shape index (κ1) is 17.1. The van der Waals surface area contributed by atoms with Crippen molar-refractivity contribution in [3.63, 3.8) is 0 Å². The topological polar surface area (TPSA) is 58.4 Å². The number of para-hydroxylation sites is 1. The largest absolute Gasteiger partial charge is 0.282 e. The lowest BCUT2D eigenvalue weighted by molar-refractivity contribution is 0.269. The van der Waals surface area contributed by atoms with Crippen molar-refractivity contribution in [3.8, 4) is 5.69 Å². The average Bonchev–Trinajstić information content (AvgIpc) is 3.04. The molecule has 0 atom stereocenters. The highest BCUT2D eigenvalue weighted by atomic mass is 32.2. The molecule has 1 saturated heterocycles. The van der Waals surface area contributed by atoms with Crippen LogP contribution in [0.25, 0.3) is 5.69 Å². The third-order valence-electron chi connectivity index (χ3n) is 4.52. The zero-order chi connectivity index (χ0) is 17.2. The molecule has 0 radical (unpaired) electrons. The summed E-state index contributed by atoms with van der Waals surface area (Å²) in [6.07, 6.45) is 5.45. The smallest absolute Gasteiger partial charge is 0.241 e. The van der Waals surface area contributed by atoms with E-state index in [-0.39, 0.29) is 0 Å². The Hall–Kier alpha value is -1.70. The summed E-state index contributed by atoms with van der Waals surface area (Å²) in [6, 6.07) is 9.78. The molecular formula is C17H24N4O2S. The molecule has 3 rings (SSSR count). The lowest BCUT2D eigenvalue weighted by Gasteiger charge is -2.32. The second-order valence-electron chi connectivity index (χ2n) is 6.47. The summed E-state index contributed by atoms with van der Waals surface area (Å²) in [5.41, 5.74) is 1.83. The standard InChI is InChI=1S/C17H24N4O2S/c1-15-8-10-20(11-9-15)24(22,23)19(2)13-16-12-18-21(14-16)17-6-4-3-5-7-17/h3-7,12,14-15H,8-11,13H2,1-2H3. The zero-order valence-corrected chi connectivity index (χ0v) is 15.0. The van der Waals surface area contributed by atoms with Crippen LogP contribution in [-0.2, 0) is 16.8 Å². The Kier molecular flexibility index (Phi) is 5.03. The highest BCUT2D eigenvalue weighted by Crippen LogP contribution is 2.21. The molecule has 1 aliphatic heterocycles. The number of hydrogen-bond acceptors (Lipinski definition) is 3. The summed E-state index contributed by atoms with van der Waals surface area (Å²) in [5.74, 6) is 0.603. The molecule has 0 saturated carbocycles. The van der Waals surface area contributed by atoms with Gasteiger partial charge in [-0.1, -0.05) is 25.1 Å². The molecule has 7 heteroatoms. The summed E-state index contributed by atoms with van der Waals surface area (Å²) in [7, 11) is -1.78. The summed E-state index contributed by atoms with van der Waals surface area (Å²) < 4.78 is 30.2. The zero-order valence-electron chi connectivity index (χ0n) is 14.2. The fraction of sp³-hybridized carbons (Fsp3) is 0.471. The maximum atomic E-state index is 12.7. The normalized spacial score (nSPS) is 17.5. The van der Waals surface area contributed by atoms with Crippen molar-refractivity contribution in [2.24, 2.45) is 5.92 Å². The van der Waals surface area contributed by atoms with Gasteiger partial charge in [-0.25, -0.2) is 4.68 Å². The van der Waals surface area contributed by atoms with Gasteiger partial charge < -0.3 is 0 Å². The highest BCUT2D eigenvalue weighted by molar-refractivity contribution is 7.86. The minimum absolute atomic E-state index is 0.321. The SMILES string of the molecule is CC1CCN(S(=O)(=O)N(C)Cc2cnn(-c3ccccc3)c2)CC1. The molecule has 0 unspecified atom stereocenters. The van der Waals surface area contributed by atoms with E-state index < -0.39 is 10.2 Å². The summed E-state index contributed by atoms with van der Waals surface area (Å²) in [5, 5.41) is 4.33. The van der Waals surface area contributed by atoms with Crippen LogP contribution in [0.1, 0.15) is 25.3 Å². The molecule has 6 nitrogen and oxygen atoms in total. The van der Waals surface area contributed by atoms with Crippen molar-refractivity contribution < 1.29 is 8.42 Å². The van der Waals surface area contributed by atoms with Crippen molar-refractivity contribution in [1.29, 1.82) is 0 Å². The van der Waals surface area contributed by atoms with E-state index in [1.807, 2.05) is 36.5 Å². The monoisotopic (exact) mass is 348 g/mol. The van der Waals surface area contributed by atoms with Gasteiger partial charge in [0.15, 0.2) is 0 Å². The van der Waals surface area contributed by atoms with Crippen molar-refractivity contribution in [1.82, 2.24) is 18.4 Å². The van der Waals surface area contributed by atoms with Gasteiger partial charge in [0.1, 0.15) is 0 Å². The minimum atomic E-state index is -3.41. The Morgan fingerprint density at radius 1 is 1.21 bits per heavy atom. The van der Waals surface area contributed by atoms with Crippen molar-refractivity contribution in [2.75, 3.05) is 20.1 Å². The van der Waals surface area contributed by atoms with Crippen molar-refractivity contribution in [3.05, 3.63) is 48.3 Å². The first-order valence-corrected chi connectivity index (χ1v) is 9.67. The van der Waals surface area contributed by atoms with Crippen LogP contribution in [0.3, 0.4) is 0 Å². The predicted octanol–water partition coefficient (Wildman–Crippen LogP) is 2.28. The fourth-order valence-electron chi connectivity index (χ4n) is 2.92. The molecule has 130 valence electrons. The van der Waals surface area contributed by atoms with Crippen LogP contribution in [0.15, 0.2) is 42.7 Å². The molecule has 1 aliphatic rings. The molecule has 1 aromatic heterocycles. The van der Waals surface area contributed by atoms with E-state index >= 15 is 0 Å². The van der Waals surface area contributed by atoms with Gasteiger partial charge in [-0.3, -0.25) is 0 Å². The Balaban J connectivity index is 1.68. The van der Waals surface area contributed by atoms with Crippen LogP contribution in [0, 0.1) is 5.92 Å². The van der Waals surface area contributed by atoms with Crippen LogP contribution in [0.5, 0.6) is 0 Å². The maximum Gasteiger partial charge on any atom is 0.282 e. The van der Waals surface area contributed by atoms with Crippen LogP contribution < -0.4 is 0 Å². The van der Waals surface area contributed by atoms with Crippen LogP contribution in [0.4, 0.5) is 0 Å². The lowest BCUT2D eigenvalue weighted by Crippen LogP contribution is -2.45. The highest BCUT2D eigenvalue weighted by Gasteiger charge is 2.30. The van der Waals surface area contributed by atoms with Gasteiger partial charge >= 0.3 is 0 Å². The Morgan fingerprint density at radius 3 is 2.54 bits per heavy atom. The Labute approximate surface area is 143 Å². The molecule has 1 aromatic carbocycles. The molecule has 24 heavy (non-hydrogen) atoms. The van der Waals surface area contributed by atoms with Gasteiger partial charge in [0.05, 0.1) is 11.9 Å².